The minimum Gasteiger partial charge on any atom is -0.342 e. The lowest BCUT2D eigenvalue weighted by Gasteiger charge is -2.19. The van der Waals surface area contributed by atoms with Crippen LogP contribution in [0.3, 0.4) is 0 Å². The van der Waals surface area contributed by atoms with Crippen molar-refractivity contribution >= 4 is 21.8 Å². The molecule has 0 aliphatic rings. The maximum atomic E-state index is 11.9. The molecule has 0 saturated heterocycles. The third-order valence-electron chi connectivity index (χ3n) is 2.61. The zero-order valence-electron chi connectivity index (χ0n) is 10.2. The standard InChI is InChI=1S/C11H16BrN3O2/c1-4-14(5-2)10(16)7-15-8(3)13-6-9(12)11(15)17/h6H,4-5,7H2,1-3H3. The Kier molecular flexibility index (Phi) is 4.86. The molecule has 1 heterocycles. The number of nitrogens with zero attached hydrogens (tertiary/aromatic N) is 3. The van der Waals surface area contributed by atoms with Crippen molar-refractivity contribution in [1.82, 2.24) is 14.5 Å². The molecule has 0 N–H and O–H groups in total. The summed E-state index contributed by atoms with van der Waals surface area (Å²) < 4.78 is 1.75. The van der Waals surface area contributed by atoms with E-state index in [9.17, 15) is 9.59 Å². The predicted molar refractivity (Wildman–Crippen MR) is 68.9 cm³/mol. The number of hydrogen-bond donors (Lipinski definition) is 0. The van der Waals surface area contributed by atoms with Gasteiger partial charge >= 0.3 is 0 Å². The topological polar surface area (TPSA) is 55.2 Å². The number of hydrogen-bond acceptors (Lipinski definition) is 3. The van der Waals surface area contributed by atoms with Crippen molar-refractivity contribution in [2.24, 2.45) is 0 Å². The first kappa shape index (κ1) is 13.9. The van der Waals surface area contributed by atoms with Crippen molar-refractivity contribution in [2.75, 3.05) is 13.1 Å². The number of carbonyl (C=O) groups is 1. The smallest absolute Gasteiger partial charge is 0.268 e. The lowest BCUT2D eigenvalue weighted by molar-refractivity contribution is -0.131. The maximum absolute atomic E-state index is 11.9. The van der Waals surface area contributed by atoms with Gasteiger partial charge in [0, 0.05) is 19.3 Å². The Morgan fingerprint density at radius 3 is 2.59 bits per heavy atom. The molecular formula is C11H16BrN3O2. The molecule has 1 amide bonds. The first-order valence-electron chi connectivity index (χ1n) is 5.50. The van der Waals surface area contributed by atoms with E-state index in [1.165, 1.54) is 10.8 Å². The highest BCUT2D eigenvalue weighted by Gasteiger charge is 2.13. The lowest BCUT2D eigenvalue weighted by Crippen LogP contribution is -2.37. The fourth-order valence-corrected chi connectivity index (χ4v) is 1.87. The number of amides is 1. The van der Waals surface area contributed by atoms with Gasteiger partial charge in [-0.1, -0.05) is 0 Å². The molecule has 94 valence electrons. The van der Waals surface area contributed by atoms with Gasteiger partial charge in [-0.25, -0.2) is 4.98 Å². The van der Waals surface area contributed by atoms with Crippen LogP contribution >= 0.6 is 15.9 Å². The van der Waals surface area contributed by atoms with Crippen molar-refractivity contribution in [3.05, 3.63) is 26.8 Å². The molecular weight excluding hydrogens is 286 g/mol. The summed E-state index contributed by atoms with van der Waals surface area (Å²) in [5.74, 6) is 0.471. The molecule has 1 aromatic rings. The summed E-state index contributed by atoms with van der Waals surface area (Å²) >= 11 is 3.12. The number of rotatable bonds is 4. The highest BCUT2D eigenvalue weighted by atomic mass is 79.9. The van der Waals surface area contributed by atoms with Crippen molar-refractivity contribution in [1.29, 1.82) is 0 Å². The van der Waals surface area contributed by atoms with E-state index in [1.54, 1.807) is 11.8 Å². The molecule has 0 aliphatic heterocycles. The largest absolute Gasteiger partial charge is 0.342 e. The molecule has 0 aromatic carbocycles. The van der Waals surface area contributed by atoms with Crippen molar-refractivity contribution in [3.8, 4) is 0 Å². The first-order valence-corrected chi connectivity index (χ1v) is 6.30. The maximum Gasteiger partial charge on any atom is 0.268 e. The monoisotopic (exact) mass is 301 g/mol. The van der Waals surface area contributed by atoms with Gasteiger partial charge in [0.1, 0.15) is 16.8 Å². The summed E-state index contributed by atoms with van der Waals surface area (Å²) in [7, 11) is 0. The van der Waals surface area contributed by atoms with Gasteiger partial charge in [-0.05, 0) is 36.7 Å². The Labute approximate surface area is 109 Å². The van der Waals surface area contributed by atoms with Gasteiger partial charge in [-0.3, -0.25) is 14.2 Å². The van der Waals surface area contributed by atoms with Crippen LogP contribution in [-0.4, -0.2) is 33.4 Å². The third kappa shape index (κ3) is 3.15. The van der Waals surface area contributed by atoms with Gasteiger partial charge in [-0.2, -0.15) is 0 Å². The fourth-order valence-electron chi connectivity index (χ4n) is 1.55. The summed E-state index contributed by atoms with van der Waals surface area (Å²) in [6.07, 6.45) is 1.45. The minimum atomic E-state index is -0.224. The van der Waals surface area contributed by atoms with Crippen LogP contribution in [0.1, 0.15) is 19.7 Å². The average Bonchev–Trinajstić information content (AvgIpc) is 2.31. The van der Waals surface area contributed by atoms with E-state index in [0.717, 1.165) is 0 Å². The lowest BCUT2D eigenvalue weighted by atomic mass is 10.4. The molecule has 6 heteroatoms. The van der Waals surface area contributed by atoms with Crippen LogP contribution in [0.4, 0.5) is 0 Å². The van der Waals surface area contributed by atoms with Crippen LogP contribution in [0.15, 0.2) is 15.5 Å². The minimum absolute atomic E-state index is 0.0405. The number of aryl methyl sites for hydroxylation is 1. The van der Waals surface area contributed by atoms with Crippen LogP contribution in [0.2, 0.25) is 0 Å². The van der Waals surface area contributed by atoms with Crippen LogP contribution in [0.5, 0.6) is 0 Å². The molecule has 17 heavy (non-hydrogen) atoms. The summed E-state index contributed by atoms with van der Waals surface area (Å²) in [5.41, 5.74) is -0.224. The SMILES string of the molecule is CCN(CC)C(=O)Cn1c(C)ncc(Br)c1=O. The molecule has 1 rings (SSSR count). The van der Waals surface area contributed by atoms with E-state index >= 15 is 0 Å². The Bertz CT molecular complexity index is 466. The zero-order valence-corrected chi connectivity index (χ0v) is 11.8. The zero-order chi connectivity index (χ0) is 13.0. The second-order valence-electron chi connectivity index (χ2n) is 3.61. The quantitative estimate of drug-likeness (QED) is 0.839. The summed E-state index contributed by atoms with van der Waals surface area (Å²) in [4.78, 5) is 29.5. The Hall–Kier alpha value is -1.17. The second kappa shape index (κ2) is 5.95. The molecule has 5 nitrogen and oxygen atoms in total. The van der Waals surface area contributed by atoms with Gasteiger partial charge in [0.05, 0.1) is 0 Å². The predicted octanol–water partition coefficient (Wildman–Crippen LogP) is 1.18. The van der Waals surface area contributed by atoms with E-state index in [2.05, 4.69) is 20.9 Å². The fraction of sp³-hybridized carbons (Fsp3) is 0.545. The third-order valence-corrected chi connectivity index (χ3v) is 3.16. The highest BCUT2D eigenvalue weighted by molar-refractivity contribution is 9.10. The average molecular weight is 302 g/mol. The molecule has 0 spiro atoms. The van der Waals surface area contributed by atoms with Gasteiger partial charge in [0.15, 0.2) is 0 Å². The Morgan fingerprint density at radius 2 is 2.06 bits per heavy atom. The molecule has 0 aliphatic carbocycles. The van der Waals surface area contributed by atoms with Crippen LogP contribution in [0, 0.1) is 6.92 Å². The van der Waals surface area contributed by atoms with Crippen molar-refractivity contribution in [3.63, 3.8) is 0 Å². The van der Waals surface area contributed by atoms with Gasteiger partial charge in [0.25, 0.3) is 5.56 Å². The van der Waals surface area contributed by atoms with E-state index in [-0.39, 0.29) is 18.0 Å². The molecule has 0 atom stereocenters. The van der Waals surface area contributed by atoms with Gasteiger partial charge in [0.2, 0.25) is 5.91 Å². The number of halogens is 1. The first-order chi connectivity index (χ1) is 8.01. The summed E-state index contributed by atoms with van der Waals surface area (Å²) in [6.45, 7) is 6.86. The highest BCUT2D eigenvalue weighted by Crippen LogP contribution is 2.02. The van der Waals surface area contributed by atoms with Crippen LogP contribution in [-0.2, 0) is 11.3 Å². The number of likely N-dealkylation sites (N-methyl/N-ethyl adjacent to an activating group) is 1. The van der Waals surface area contributed by atoms with Crippen LogP contribution < -0.4 is 5.56 Å². The second-order valence-corrected chi connectivity index (χ2v) is 4.47. The normalized spacial score (nSPS) is 10.4. The van der Waals surface area contributed by atoms with E-state index in [1.807, 2.05) is 13.8 Å². The van der Waals surface area contributed by atoms with E-state index in [4.69, 9.17) is 0 Å². The molecule has 0 fully saturated rings. The molecule has 1 aromatic heterocycles. The van der Waals surface area contributed by atoms with Gasteiger partial charge in [-0.15, -0.1) is 0 Å². The van der Waals surface area contributed by atoms with Crippen LogP contribution in [0.25, 0.3) is 0 Å². The van der Waals surface area contributed by atoms with Crippen molar-refractivity contribution < 1.29 is 4.79 Å². The van der Waals surface area contributed by atoms with E-state index < -0.39 is 0 Å². The molecule has 0 radical (unpaired) electrons. The Morgan fingerprint density at radius 1 is 1.47 bits per heavy atom. The number of aromatic nitrogens is 2. The summed E-state index contributed by atoms with van der Waals surface area (Å²) in [5, 5.41) is 0. The van der Waals surface area contributed by atoms with Crippen molar-refractivity contribution in [2.45, 2.75) is 27.3 Å². The number of carbonyl (C=O) groups excluding carboxylic acids is 1. The van der Waals surface area contributed by atoms with E-state index in [0.29, 0.717) is 23.4 Å². The Balaban J connectivity index is 3.00. The molecule has 0 saturated carbocycles. The van der Waals surface area contributed by atoms with Gasteiger partial charge < -0.3 is 4.90 Å². The molecule has 0 bridgehead atoms. The molecule has 0 unspecified atom stereocenters. The summed E-state index contributed by atoms with van der Waals surface area (Å²) in [6, 6.07) is 0.